The van der Waals surface area contributed by atoms with Crippen molar-refractivity contribution in [2.24, 2.45) is 0 Å². The molecule has 4 heteroatoms. The zero-order valence-corrected chi connectivity index (χ0v) is 8.32. The number of likely N-dealkylation sites (N-methyl/N-ethyl adjacent to an activating group) is 1. The van der Waals surface area contributed by atoms with Gasteiger partial charge in [-0.15, -0.1) is 0 Å². The molecule has 1 fully saturated rings. The first kappa shape index (κ1) is 10.5. The highest BCUT2D eigenvalue weighted by Gasteiger charge is 2.20. The van der Waals surface area contributed by atoms with Crippen molar-refractivity contribution in [3.63, 3.8) is 0 Å². The molecule has 0 aromatic heterocycles. The molecule has 1 aliphatic rings. The van der Waals surface area contributed by atoms with E-state index >= 15 is 0 Å². The standard InChI is InChI=1S/C9H17N2O2/c1-11(7-9(12)13-2)8-4-3-5-10-6-8/h8H,3-7H2,1-2H3. The summed E-state index contributed by atoms with van der Waals surface area (Å²) in [6.45, 7) is 2.20. The molecule has 13 heavy (non-hydrogen) atoms. The summed E-state index contributed by atoms with van der Waals surface area (Å²) in [5, 5.41) is 4.32. The predicted molar refractivity (Wildman–Crippen MR) is 49.5 cm³/mol. The normalized spacial score (nSPS) is 23.2. The summed E-state index contributed by atoms with van der Waals surface area (Å²) >= 11 is 0. The third-order valence-corrected chi connectivity index (χ3v) is 2.42. The Morgan fingerprint density at radius 3 is 3.00 bits per heavy atom. The Kier molecular flexibility index (Phi) is 4.18. The van der Waals surface area contributed by atoms with Gasteiger partial charge in [-0.2, -0.15) is 0 Å². The number of methoxy groups -OCH3 is 1. The van der Waals surface area contributed by atoms with E-state index < -0.39 is 0 Å². The largest absolute Gasteiger partial charge is 0.468 e. The number of rotatable bonds is 3. The van der Waals surface area contributed by atoms with Crippen LogP contribution in [0.2, 0.25) is 0 Å². The molecular formula is C9H17N2O2. The summed E-state index contributed by atoms with van der Waals surface area (Å²) in [5.41, 5.74) is 0. The third-order valence-electron chi connectivity index (χ3n) is 2.42. The van der Waals surface area contributed by atoms with Crippen LogP contribution >= 0.6 is 0 Å². The summed E-state index contributed by atoms with van der Waals surface area (Å²) in [7, 11) is 3.36. The molecule has 0 aliphatic carbocycles. The quantitative estimate of drug-likeness (QED) is 0.575. The Labute approximate surface area is 79.2 Å². The van der Waals surface area contributed by atoms with Gasteiger partial charge in [-0.3, -0.25) is 9.69 Å². The molecule has 1 rings (SSSR count). The second-order valence-corrected chi connectivity index (χ2v) is 3.42. The first-order chi connectivity index (χ1) is 6.24. The van der Waals surface area contributed by atoms with Crippen LogP contribution in [-0.2, 0) is 9.53 Å². The maximum absolute atomic E-state index is 11.0. The van der Waals surface area contributed by atoms with Crippen molar-refractivity contribution in [2.75, 3.05) is 33.8 Å². The van der Waals surface area contributed by atoms with Crippen molar-refractivity contribution in [3.8, 4) is 0 Å². The van der Waals surface area contributed by atoms with Gasteiger partial charge in [-0.1, -0.05) is 0 Å². The third kappa shape index (κ3) is 3.32. The molecule has 1 atom stereocenters. The molecule has 1 radical (unpaired) electrons. The molecule has 1 saturated heterocycles. The Bertz CT molecular complexity index is 167. The fourth-order valence-corrected chi connectivity index (χ4v) is 1.53. The minimum Gasteiger partial charge on any atom is -0.468 e. The van der Waals surface area contributed by atoms with Crippen molar-refractivity contribution in [1.82, 2.24) is 10.2 Å². The summed E-state index contributed by atoms with van der Waals surface area (Å²) in [6.07, 6.45) is 2.27. The van der Waals surface area contributed by atoms with Crippen molar-refractivity contribution in [2.45, 2.75) is 18.9 Å². The monoisotopic (exact) mass is 185 g/mol. The molecule has 1 heterocycles. The molecule has 0 bridgehead atoms. The van der Waals surface area contributed by atoms with Gasteiger partial charge in [0, 0.05) is 19.1 Å². The van der Waals surface area contributed by atoms with E-state index in [-0.39, 0.29) is 5.97 Å². The summed E-state index contributed by atoms with van der Waals surface area (Å²) in [6, 6.07) is 0.424. The molecule has 1 aliphatic heterocycles. The second-order valence-electron chi connectivity index (χ2n) is 3.42. The molecule has 0 amide bonds. The molecule has 0 N–H and O–H groups in total. The average Bonchev–Trinajstić information content (AvgIpc) is 2.19. The second kappa shape index (κ2) is 5.19. The van der Waals surface area contributed by atoms with Crippen molar-refractivity contribution in [1.29, 1.82) is 0 Å². The molecule has 1 unspecified atom stereocenters. The number of piperidine rings is 1. The first-order valence-electron chi connectivity index (χ1n) is 4.64. The highest BCUT2D eigenvalue weighted by molar-refractivity contribution is 5.71. The maximum atomic E-state index is 11.0. The lowest BCUT2D eigenvalue weighted by Gasteiger charge is -2.29. The topological polar surface area (TPSA) is 43.6 Å². The van der Waals surface area contributed by atoms with Crippen molar-refractivity contribution in [3.05, 3.63) is 0 Å². The minimum atomic E-state index is -0.173. The van der Waals surface area contributed by atoms with Crippen LogP contribution in [0.5, 0.6) is 0 Å². The number of nitrogens with zero attached hydrogens (tertiary/aromatic N) is 2. The molecule has 0 aromatic rings. The van der Waals surface area contributed by atoms with E-state index in [2.05, 4.69) is 10.1 Å². The Morgan fingerprint density at radius 1 is 1.69 bits per heavy atom. The van der Waals surface area contributed by atoms with Crippen LogP contribution in [0.1, 0.15) is 12.8 Å². The Balaban J connectivity index is 2.28. The van der Waals surface area contributed by atoms with Gasteiger partial charge in [0.25, 0.3) is 0 Å². The summed E-state index contributed by atoms with van der Waals surface area (Å²) in [5.74, 6) is -0.173. The SMILES string of the molecule is COC(=O)CN(C)C1CCC[N]C1. The molecular weight excluding hydrogens is 168 g/mol. The van der Waals surface area contributed by atoms with E-state index in [1.54, 1.807) is 0 Å². The fraction of sp³-hybridized carbons (Fsp3) is 0.889. The first-order valence-corrected chi connectivity index (χ1v) is 4.64. The molecule has 0 spiro atoms. The number of ether oxygens (including phenoxy) is 1. The number of carbonyl (C=O) groups excluding carboxylic acids is 1. The number of hydrogen-bond donors (Lipinski definition) is 0. The molecule has 0 saturated carbocycles. The van der Waals surface area contributed by atoms with Crippen LogP contribution in [0, 0.1) is 0 Å². The van der Waals surface area contributed by atoms with E-state index in [1.807, 2.05) is 11.9 Å². The predicted octanol–water partition coefficient (Wildman–Crippen LogP) is -0.142. The van der Waals surface area contributed by atoms with Gasteiger partial charge < -0.3 is 4.74 Å². The summed E-state index contributed by atoms with van der Waals surface area (Å²) < 4.78 is 4.60. The highest BCUT2D eigenvalue weighted by Crippen LogP contribution is 2.08. The van der Waals surface area contributed by atoms with Gasteiger partial charge in [-0.05, 0) is 19.9 Å². The zero-order chi connectivity index (χ0) is 9.68. The Hall–Kier alpha value is -0.610. The smallest absolute Gasteiger partial charge is 0.319 e. The van der Waals surface area contributed by atoms with E-state index in [0.29, 0.717) is 12.6 Å². The summed E-state index contributed by atoms with van der Waals surface area (Å²) in [4.78, 5) is 13.0. The fourth-order valence-electron chi connectivity index (χ4n) is 1.53. The average molecular weight is 185 g/mol. The lowest BCUT2D eigenvalue weighted by atomic mass is 10.1. The molecule has 0 aromatic carbocycles. The van der Waals surface area contributed by atoms with E-state index in [0.717, 1.165) is 25.9 Å². The Morgan fingerprint density at radius 2 is 2.46 bits per heavy atom. The van der Waals surface area contributed by atoms with Gasteiger partial charge in [0.2, 0.25) is 0 Å². The van der Waals surface area contributed by atoms with Crippen LogP contribution < -0.4 is 5.32 Å². The van der Waals surface area contributed by atoms with Crippen LogP contribution in [0.3, 0.4) is 0 Å². The highest BCUT2D eigenvalue weighted by atomic mass is 16.5. The van der Waals surface area contributed by atoms with Crippen molar-refractivity contribution >= 4 is 5.97 Å². The molecule has 4 nitrogen and oxygen atoms in total. The van der Waals surface area contributed by atoms with E-state index in [4.69, 9.17) is 0 Å². The minimum absolute atomic E-state index is 0.173. The lowest BCUT2D eigenvalue weighted by molar-refractivity contribution is -0.142. The van der Waals surface area contributed by atoms with Gasteiger partial charge >= 0.3 is 5.97 Å². The number of carbonyl (C=O) groups is 1. The number of esters is 1. The van der Waals surface area contributed by atoms with Crippen molar-refractivity contribution < 1.29 is 9.53 Å². The van der Waals surface area contributed by atoms with Crippen LogP contribution in [0.4, 0.5) is 0 Å². The van der Waals surface area contributed by atoms with Crippen LogP contribution in [-0.4, -0.2) is 50.7 Å². The molecule has 75 valence electrons. The van der Waals surface area contributed by atoms with Crippen LogP contribution in [0.25, 0.3) is 0 Å². The maximum Gasteiger partial charge on any atom is 0.319 e. The lowest BCUT2D eigenvalue weighted by Crippen LogP contribution is -2.43. The van der Waals surface area contributed by atoms with Gasteiger partial charge in [0.15, 0.2) is 0 Å². The van der Waals surface area contributed by atoms with Gasteiger partial charge in [0.1, 0.15) is 0 Å². The number of hydrogen-bond acceptors (Lipinski definition) is 3. The van der Waals surface area contributed by atoms with Gasteiger partial charge in [0.05, 0.1) is 13.7 Å². The van der Waals surface area contributed by atoms with Crippen LogP contribution in [0.15, 0.2) is 0 Å². The van der Waals surface area contributed by atoms with Gasteiger partial charge in [-0.25, -0.2) is 5.32 Å². The zero-order valence-electron chi connectivity index (χ0n) is 8.32. The van der Waals surface area contributed by atoms with E-state index in [9.17, 15) is 4.79 Å². The van der Waals surface area contributed by atoms with E-state index in [1.165, 1.54) is 7.11 Å².